The van der Waals surface area contributed by atoms with E-state index >= 15 is 0 Å². The summed E-state index contributed by atoms with van der Waals surface area (Å²) in [6.07, 6.45) is 11.5. The molecule has 5 heterocycles. The average molecular weight is 1550 g/mol. The van der Waals surface area contributed by atoms with Crippen molar-refractivity contribution in [3.05, 3.63) is 159 Å². The summed E-state index contributed by atoms with van der Waals surface area (Å²) in [5.74, 6) is -4.70. The van der Waals surface area contributed by atoms with Gasteiger partial charge in [0.05, 0.1) is 63.3 Å². The number of fused-ring (bicyclic) bond motifs is 4. The topological polar surface area (TPSA) is 479 Å². The number of benzene rings is 5. The number of unbranched alkanes of at least 4 members (excludes halogenated alkanes) is 6. The van der Waals surface area contributed by atoms with Gasteiger partial charge in [0.1, 0.15) is 29.0 Å². The van der Waals surface area contributed by atoms with Gasteiger partial charge in [-0.05, 0) is 142 Å². The molecule has 0 spiro atoms. The lowest BCUT2D eigenvalue weighted by atomic mass is 9.90. The number of carbonyl (C=O) groups is 6. The van der Waals surface area contributed by atoms with Crippen molar-refractivity contribution in [2.45, 2.75) is 116 Å². The fraction of sp³-hybridized carbons (Fsp3) is 0.367. The number of ketones is 2. The van der Waals surface area contributed by atoms with Gasteiger partial charge in [0.2, 0.25) is 17.3 Å². The van der Waals surface area contributed by atoms with Crippen molar-refractivity contribution in [3.8, 4) is 28.2 Å². The van der Waals surface area contributed by atoms with E-state index in [1.165, 1.54) is 0 Å². The van der Waals surface area contributed by atoms with Crippen LogP contribution in [0.5, 0.6) is 5.75 Å². The molecule has 2 aliphatic rings. The van der Waals surface area contributed by atoms with Gasteiger partial charge in [0, 0.05) is 116 Å². The number of carbonyl (C=O) groups excluding carboxylic acids is 7. The number of amides is 3. The van der Waals surface area contributed by atoms with Crippen molar-refractivity contribution in [2.24, 2.45) is 0 Å². The molecule has 3 amide bonds. The van der Waals surface area contributed by atoms with Crippen LogP contribution in [0.4, 0.5) is 43.7 Å². The molecule has 0 bridgehead atoms. The maximum absolute atomic E-state index is 14.7. The molecule has 1 unspecified atom stereocenters. The second-order valence-corrected chi connectivity index (χ2v) is 27.0. The van der Waals surface area contributed by atoms with Gasteiger partial charge in [-0.3, -0.25) is 28.8 Å². The third kappa shape index (κ3) is 24.4. The zero-order chi connectivity index (χ0) is 81.1. The minimum Gasteiger partial charge on any atom is -0.505 e. The number of nitrogens with zero attached hydrogens (tertiary/aromatic N) is 11. The number of carboxylic acids is 1. The van der Waals surface area contributed by atoms with Crippen molar-refractivity contribution in [3.63, 3.8) is 0 Å². The SMILES string of the molecule is Cc1cc(C(=O)NCCOCCOCCN(CCCCCCC(=O)CCCNC(=O)c2ccc(N(C)Cc3cnc4nc(N)nc(N)c4n3)cc2)CCCCCCC(=O)CCC(NC(=O)c2ccc(N(C)Cc3cnc4nc(N)nc(N)c4n3)cc2)C(=O)O)ccc1-c1c2cc(F)c(=O)cc-2oc2cc(O)c(F)cc12.O=C=O. The normalized spacial score (nSPS) is 11.5. The number of aromatic nitrogens is 8. The summed E-state index contributed by atoms with van der Waals surface area (Å²) in [6, 6.07) is 21.5. The van der Waals surface area contributed by atoms with E-state index in [0.29, 0.717) is 121 Å². The maximum Gasteiger partial charge on any atom is 0.373 e. The van der Waals surface area contributed by atoms with Crippen molar-refractivity contribution in [1.82, 2.24) is 60.7 Å². The Morgan fingerprint density at radius 1 is 0.566 bits per heavy atom. The first-order valence-corrected chi connectivity index (χ1v) is 36.8. The van der Waals surface area contributed by atoms with Gasteiger partial charge in [0.15, 0.2) is 51.3 Å². The Balaban J connectivity index is 0.00000480. The number of phenols is 1. The molecule has 594 valence electrons. The maximum atomic E-state index is 14.7. The molecule has 1 aliphatic carbocycles. The van der Waals surface area contributed by atoms with Gasteiger partial charge in [-0.15, -0.1) is 0 Å². The predicted octanol–water partition coefficient (Wildman–Crippen LogP) is 8.32. The Kier molecular flexibility index (Phi) is 30.9. The monoisotopic (exact) mass is 1550 g/mol. The fourth-order valence-corrected chi connectivity index (χ4v) is 12.7. The number of nitrogens with two attached hydrogens (primary N) is 4. The number of phenolic OH excluding ortho intramolecular Hbond substituents is 1. The van der Waals surface area contributed by atoms with Gasteiger partial charge in [-0.2, -0.15) is 29.5 Å². The molecule has 1 atom stereocenters. The standard InChI is InChI=1S/C78H90F2N18O12.CO2/c1-46-37-49(20-26-56(46)66-57-38-59(79)62(101)40-64(57)110-65-41-63(102)60(80)39-58(65)66)74(104)86-29-33-108-35-36-109-34-32-98(30-10-6-4-8-13-54(99)15-12-28-85-73(103)47-16-21-52(22-17-47)96(2)44-50-42-87-71-67(89-50)69(81)92-77(83)94-71)31-11-7-5-9-14-55(100)25-27-61(76(106)107)91-75(105)48-18-23-53(24-19-48)97(3)45-51-43-88-72-68(90-51)70(82)93-78(84)95-72;2-1-3/h16-24,26,37-43,61,101H,4-15,25,27-36,44-45H2,1-3H3,(H,85,103)(H,86,104)(H,91,105)(H,106,107)(H4,81,83,87,92,94)(H4,82,84,88,93,95);. The van der Waals surface area contributed by atoms with Gasteiger partial charge in [0.25, 0.3) is 17.7 Å². The van der Waals surface area contributed by atoms with Crippen LogP contribution in [0.1, 0.15) is 138 Å². The summed E-state index contributed by atoms with van der Waals surface area (Å²) in [7, 11) is 3.72. The molecular weight excluding hydrogens is 1460 g/mol. The Hall–Kier alpha value is -12.7. The molecule has 32 nitrogen and oxygen atoms in total. The summed E-state index contributed by atoms with van der Waals surface area (Å²) in [5, 5.41) is 28.6. The number of ether oxygens (including phenoxy) is 2. The van der Waals surface area contributed by atoms with Gasteiger partial charge in [-0.1, -0.05) is 31.7 Å². The lowest BCUT2D eigenvalue weighted by Crippen LogP contribution is -2.41. The smallest absolute Gasteiger partial charge is 0.373 e. The summed E-state index contributed by atoms with van der Waals surface area (Å²) in [5.41, 5.74) is 29.4. The number of aryl methyl sites for hydroxylation is 1. The third-order valence-electron chi connectivity index (χ3n) is 18.6. The van der Waals surface area contributed by atoms with Gasteiger partial charge < -0.3 is 77.7 Å². The molecule has 8 aromatic rings. The molecule has 4 aromatic heterocycles. The van der Waals surface area contributed by atoms with E-state index in [9.17, 15) is 52.6 Å². The Bertz CT molecular complexity index is 5070. The van der Waals surface area contributed by atoms with Crippen LogP contribution in [0.25, 0.3) is 55.7 Å². The van der Waals surface area contributed by atoms with Crippen LogP contribution in [0, 0.1) is 18.6 Å². The number of hydrogen-bond donors (Lipinski definition) is 9. The molecule has 13 N–H and O–H groups in total. The van der Waals surface area contributed by atoms with Crippen LogP contribution < -0.4 is 54.1 Å². The molecule has 1 aliphatic heterocycles. The van der Waals surface area contributed by atoms with Gasteiger partial charge >= 0.3 is 12.1 Å². The molecule has 0 saturated heterocycles. The van der Waals surface area contributed by atoms with E-state index in [4.69, 9.17) is 46.4 Å². The number of nitrogens with one attached hydrogen (secondary N) is 3. The Labute approximate surface area is 647 Å². The summed E-state index contributed by atoms with van der Waals surface area (Å²) in [4.78, 5) is 146. The minimum atomic E-state index is -1.27. The molecular formula is C79H90F2N18O14. The number of anilines is 6. The Morgan fingerprint density at radius 2 is 1.08 bits per heavy atom. The third-order valence-corrected chi connectivity index (χ3v) is 18.6. The number of Topliss-reactive ketones (excluding diaryl/α,β-unsaturated/α-hetero) is 2. The van der Waals surface area contributed by atoms with Crippen molar-refractivity contribution in [1.29, 1.82) is 0 Å². The molecule has 113 heavy (non-hydrogen) atoms. The zero-order valence-electron chi connectivity index (χ0n) is 62.8. The fourth-order valence-electron chi connectivity index (χ4n) is 12.7. The highest BCUT2D eigenvalue weighted by molar-refractivity contribution is 6.04. The number of nitrogen functional groups attached to an aromatic ring is 4. The molecule has 34 heteroatoms. The minimum absolute atomic E-state index is 0.00771. The first-order chi connectivity index (χ1) is 54.4. The van der Waals surface area contributed by atoms with Crippen LogP contribution in [0.15, 0.2) is 113 Å². The number of aromatic hydroxyl groups is 1. The number of halogens is 2. The highest BCUT2D eigenvalue weighted by atomic mass is 19.1. The number of carboxylic acid groups (broad SMARTS) is 1. The van der Waals surface area contributed by atoms with E-state index in [-0.39, 0.29) is 126 Å². The molecule has 0 radical (unpaired) electrons. The highest BCUT2D eigenvalue weighted by Gasteiger charge is 2.25. The quantitative estimate of drug-likeness (QED) is 0.0128. The van der Waals surface area contributed by atoms with Crippen molar-refractivity contribution >= 4 is 110 Å². The molecule has 0 saturated carbocycles. The summed E-state index contributed by atoms with van der Waals surface area (Å²) in [6.45, 7) is 6.49. The second kappa shape index (κ2) is 41.4. The number of rotatable bonds is 42. The van der Waals surface area contributed by atoms with Crippen molar-refractivity contribution < 1.29 is 71.2 Å². The van der Waals surface area contributed by atoms with E-state index in [0.717, 1.165) is 93.7 Å². The van der Waals surface area contributed by atoms with E-state index in [2.05, 4.69) is 60.7 Å². The summed E-state index contributed by atoms with van der Waals surface area (Å²) < 4.78 is 47.0. The Morgan fingerprint density at radius 3 is 1.65 bits per heavy atom. The number of hydrogen-bond acceptors (Lipinski definition) is 28. The van der Waals surface area contributed by atoms with Crippen LogP contribution in [0.3, 0.4) is 0 Å². The predicted molar refractivity (Wildman–Crippen MR) is 417 cm³/mol. The van der Waals surface area contributed by atoms with Crippen LogP contribution in [-0.2, 0) is 46.5 Å². The van der Waals surface area contributed by atoms with Crippen molar-refractivity contribution in [2.75, 3.05) is 106 Å². The van der Waals surface area contributed by atoms with E-state index in [1.54, 1.807) is 73.9 Å². The van der Waals surface area contributed by atoms with Crippen LogP contribution >= 0.6 is 0 Å². The molecule has 0 fully saturated rings. The average Bonchev–Trinajstić information content (AvgIpc) is 0.743. The summed E-state index contributed by atoms with van der Waals surface area (Å²) >= 11 is 0. The van der Waals surface area contributed by atoms with Crippen LogP contribution in [-0.4, -0.2) is 176 Å². The lowest BCUT2D eigenvalue weighted by molar-refractivity contribution is -0.191. The van der Waals surface area contributed by atoms with E-state index < -0.39 is 40.7 Å². The first kappa shape index (κ1) is 84.4. The van der Waals surface area contributed by atoms with Gasteiger partial charge in [-0.25, -0.2) is 33.5 Å². The van der Waals surface area contributed by atoms with Crippen LogP contribution in [0.2, 0.25) is 0 Å². The largest absolute Gasteiger partial charge is 0.505 e. The highest BCUT2D eigenvalue weighted by Crippen LogP contribution is 2.43. The molecule has 10 rings (SSSR count). The zero-order valence-corrected chi connectivity index (χ0v) is 62.8. The lowest BCUT2D eigenvalue weighted by Gasteiger charge is -2.22. The first-order valence-electron chi connectivity index (χ1n) is 36.8. The van der Waals surface area contributed by atoms with E-state index in [1.807, 2.05) is 36.0 Å². The second-order valence-electron chi connectivity index (χ2n) is 27.0. The molecule has 4 aromatic carbocycles. The number of aliphatic carboxylic acids is 1.